The molecule has 0 unspecified atom stereocenters. The van der Waals surface area contributed by atoms with Crippen LogP contribution < -0.4 is 10.6 Å². The van der Waals surface area contributed by atoms with Crippen LogP contribution in [0.2, 0.25) is 0 Å². The van der Waals surface area contributed by atoms with Crippen LogP contribution in [0, 0.1) is 0 Å². The molecule has 0 aliphatic rings. The van der Waals surface area contributed by atoms with Gasteiger partial charge in [-0.25, -0.2) is 9.59 Å². The molecule has 2 amide bonds. The molecular weight excluding hydrogens is 484 g/mol. The van der Waals surface area contributed by atoms with Gasteiger partial charge in [0.15, 0.2) is 0 Å². The maximum Gasteiger partial charge on any atom is 0.328 e. The van der Waals surface area contributed by atoms with Gasteiger partial charge in [0.2, 0.25) is 11.8 Å². The monoisotopic (exact) mass is 512 g/mol. The predicted octanol–water partition coefficient (Wildman–Crippen LogP) is 5.15. The lowest BCUT2D eigenvalue weighted by Gasteiger charge is -2.20. The average molecular weight is 513 g/mol. The van der Waals surface area contributed by atoms with E-state index in [0.29, 0.717) is 17.3 Å². The van der Waals surface area contributed by atoms with Crippen molar-refractivity contribution < 1.29 is 29.4 Å². The number of carbonyl (C=O) groups excluding carboxylic acids is 2. The van der Waals surface area contributed by atoms with Crippen molar-refractivity contribution in [2.45, 2.75) is 25.7 Å². The minimum atomic E-state index is -1.20. The molecule has 0 bridgehead atoms. The van der Waals surface area contributed by atoms with Crippen LogP contribution in [0.25, 0.3) is 0 Å². The Labute approximate surface area is 220 Å². The second-order valence-corrected chi connectivity index (χ2v) is 8.82. The van der Waals surface area contributed by atoms with Gasteiger partial charge in [-0.15, -0.1) is 0 Å². The van der Waals surface area contributed by atoms with Gasteiger partial charge in [-0.3, -0.25) is 9.59 Å². The zero-order chi connectivity index (χ0) is 27.7. The third kappa shape index (κ3) is 8.03. The summed E-state index contributed by atoms with van der Waals surface area (Å²) in [6.07, 6.45) is 3.45. The van der Waals surface area contributed by atoms with E-state index < -0.39 is 23.8 Å². The van der Waals surface area contributed by atoms with Crippen LogP contribution >= 0.6 is 0 Å². The van der Waals surface area contributed by atoms with Gasteiger partial charge in [-0.2, -0.15) is 0 Å². The molecule has 0 spiro atoms. The maximum absolute atomic E-state index is 11.9. The zero-order valence-electron chi connectivity index (χ0n) is 20.9. The van der Waals surface area contributed by atoms with Crippen molar-refractivity contribution >= 4 is 35.1 Å². The van der Waals surface area contributed by atoms with Crippen LogP contribution in [0.15, 0.2) is 97.1 Å². The Morgan fingerprint density at radius 1 is 0.553 bits per heavy atom. The third-order valence-electron chi connectivity index (χ3n) is 5.71. The number of anilines is 2. The van der Waals surface area contributed by atoms with E-state index in [1.165, 1.54) is 5.56 Å². The summed E-state index contributed by atoms with van der Waals surface area (Å²) in [4.78, 5) is 45.1. The first kappa shape index (κ1) is 27.6. The van der Waals surface area contributed by atoms with E-state index in [0.717, 1.165) is 41.0 Å². The fourth-order valence-electron chi connectivity index (χ4n) is 3.83. The average Bonchev–Trinajstić information content (AvgIpc) is 2.89. The molecule has 0 radical (unpaired) electrons. The van der Waals surface area contributed by atoms with Gasteiger partial charge in [-0.05, 0) is 52.4 Å². The van der Waals surface area contributed by atoms with Crippen molar-refractivity contribution in [3.05, 3.63) is 119 Å². The summed E-state index contributed by atoms with van der Waals surface area (Å²) in [5.41, 5.74) is 5.24. The number of amides is 2. The summed E-state index contributed by atoms with van der Waals surface area (Å²) in [6.45, 7) is 4.26. The van der Waals surface area contributed by atoms with Crippen LogP contribution in [-0.4, -0.2) is 34.0 Å². The topological polar surface area (TPSA) is 133 Å². The predicted molar refractivity (Wildman–Crippen MR) is 145 cm³/mol. The van der Waals surface area contributed by atoms with Gasteiger partial charge >= 0.3 is 11.9 Å². The van der Waals surface area contributed by atoms with E-state index in [4.69, 9.17) is 10.2 Å². The number of carbonyl (C=O) groups is 4. The standard InChI is InChI=1S/C30H28N2O6/c1-19(2)20-3-5-21(6-4-20)30(22-7-11-24(12-8-22)31-26(33)15-17-28(35)36)23-9-13-25(14-10-23)32-27(34)16-18-29(37)38/h3-19,30H,1-2H3,(H,31,33)(H,32,34)(H,35,36)(H,37,38)/b17-15+,18-16+. The van der Waals surface area contributed by atoms with E-state index >= 15 is 0 Å². The van der Waals surface area contributed by atoms with E-state index in [1.807, 2.05) is 24.3 Å². The summed E-state index contributed by atoms with van der Waals surface area (Å²) >= 11 is 0. The van der Waals surface area contributed by atoms with Crippen molar-refractivity contribution in [2.75, 3.05) is 10.6 Å². The highest BCUT2D eigenvalue weighted by atomic mass is 16.4. The van der Waals surface area contributed by atoms with Crippen LogP contribution in [-0.2, 0) is 19.2 Å². The van der Waals surface area contributed by atoms with Gasteiger partial charge in [0.1, 0.15) is 0 Å². The highest BCUT2D eigenvalue weighted by Crippen LogP contribution is 2.34. The lowest BCUT2D eigenvalue weighted by atomic mass is 9.84. The SMILES string of the molecule is CC(C)c1ccc(C(c2ccc(NC(=O)/C=C/C(=O)O)cc2)c2ccc(NC(=O)/C=C/C(=O)O)cc2)cc1. The van der Waals surface area contributed by atoms with Gasteiger partial charge in [0.05, 0.1) is 0 Å². The molecule has 0 atom stereocenters. The normalized spacial score (nSPS) is 11.3. The molecule has 8 nitrogen and oxygen atoms in total. The molecule has 3 aromatic carbocycles. The molecule has 3 rings (SSSR count). The van der Waals surface area contributed by atoms with Crippen molar-refractivity contribution in [3.8, 4) is 0 Å². The Hall–Kier alpha value is -4.98. The molecule has 38 heavy (non-hydrogen) atoms. The van der Waals surface area contributed by atoms with Crippen molar-refractivity contribution in [1.82, 2.24) is 0 Å². The number of nitrogens with one attached hydrogen (secondary N) is 2. The second kappa shape index (κ2) is 12.8. The summed E-state index contributed by atoms with van der Waals surface area (Å²) in [7, 11) is 0. The Bertz CT molecular complexity index is 1270. The zero-order valence-corrected chi connectivity index (χ0v) is 20.9. The summed E-state index contributed by atoms with van der Waals surface area (Å²) in [5.74, 6) is -3.26. The van der Waals surface area contributed by atoms with Gasteiger partial charge in [0, 0.05) is 41.6 Å². The second-order valence-electron chi connectivity index (χ2n) is 8.82. The number of aliphatic carboxylic acids is 2. The Balaban J connectivity index is 1.89. The summed E-state index contributed by atoms with van der Waals surface area (Å²) < 4.78 is 0. The summed E-state index contributed by atoms with van der Waals surface area (Å²) in [5, 5.41) is 22.6. The number of hydrogen-bond donors (Lipinski definition) is 4. The smallest absolute Gasteiger partial charge is 0.328 e. The number of hydrogen-bond acceptors (Lipinski definition) is 4. The van der Waals surface area contributed by atoms with Gasteiger partial charge in [-0.1, -0.05) is 62.4 Å². The molecular formula is C30H28N2O6. The Morgan fingerprint density at radius 2 is 0.868 bits per heavy atom. The van der Waals surface area contributed by atoms with Crippen LogP contribution in [0.5, 0.6) is 0 Å². The lowest BCUT2D eigenvalue weighted by Crippen LogP contribution is -2.10. The molecule has 0 aliphatic carbocycles. The first-order valence-electron chi connectivity index (χ1n) is 11.9. The van der Waals surface area contributed by atoms with E-state index in [-0.39, 0.29) is 5.92 Å². The fraction of sp³-hybridized carbons (Fsp3) is 0.133. The number of benzene rings is 3. The van der Waals surface area contributed by atoms with Crippen molar-refractivity contribution in [3.63, 3.8) is 0 Å². The highest BCUT2D eigenvalue weighted by Gasteiger charge is 2.18. The highest BCUT2D eigenvalue weighted by molar-refractivity contribution is 6.03. The molecule has 0 heterocycles. The molecule has 0 fully saturated rings. The third-order valence-corrected chi connectivity index (χ3v) is 5.71. The Morgan fingerprint density at radius 3 is 1.18 bits per heavy atom. The van der Waals surface area contributed by atoms with Gasteiger partial charge in [0.25, 0.3) is 0 Å². The van der Waals surface area contributed by atoms with Crippen molar-refractivity contribution in [1.29, 1.82) is 0 Å². The molecule has 4 N–H and O–H groups in total. The molecule has 8 heteroatoms. The molecule has 0 aliphatic heterocycles. The Kier molecular flexibility index (Phi) is 9.31. The minimum Gasteiger partial charge on any atom is -0.478 e. The quantitative estimate of drug-likeness (QED) is 0.219. The largest absolute Gasteiger partial charge is 0.478 e. The molecule has 194 valence electrons. The number of carboxylic acid groups (broad SMARTS) is 2. The van der Waals surface area contributed by atoms with Crippen LogP contribution in [0.4, 0.5) is 11.4 Å². The lowest BCUT2D eigenvalue weighted by molar-refractivity contribution is -0.132. The molecule has 3 aromatic rings. The van der Waals surface area contributed by atoms with E-state index in [9.17, 15) is 19.2 Å². The maximum atomic E-state index is 11.9. The molecule has 0 saturated carbocycles. The van der Waals surface area contributed by atoms with Crippen LogP contribution in [0.1, 0.15) is 47.9 Å². The van der Waals surface area contributed by atoms with E-state index in [1.54, 1.807) is 24.3 Å². The first-order valence-corrected chi connectivity index (χ1v) is 11.9. The molecule has 0 aromatic heterocycles. The number of carboxylic acids is 2. The first-order chi connectivity index (χ1) is 18.1. The minimum absolute atomic E-state index is 0.149. The fourth-order valence-corrected chi connectivity index (χ4v) is 3.83. The van der Waals surface area contributed by atoms with Crippen molar-refractivity contribution in [2.24, 2.45) is 0 Å². The number of rotatable bonds is 10. The van der Waals surface area contributed by atoms with Crippen LogP contribution in [0.3, 0.4) is 0 Å². The summed E-state index contributed by atoms with van der Waals surface area (Å²) in [6, 6.07) is 22.9. The molecule has 0 saturated heterocycles. The van der Waals surface area contributed by atoms with Gasteiger partial charge < -0.3 is 20.8 Å². The van der Waals surface area contributed by atoms with E-state index in [2.05, 4.69) is 48.7 Å².